The number of nitrogens with one attached hydrogen (secondary N) is 1. The first kappa shape index (κ1) is 10.9. The third-order valence-electron chi connectivity index (χ3n) is 2.84. The molecule has 5 nitrogen and oxygen atoms in total. The Labute approximate surface area is 104 Å². The molecule has 0 saturated carbocycles. The second-order valence-corrected chi connectivity index (χ2v) is 4.27. The van der Waals surface area contributed by atoms with E-state index in [4.69, 9.17) is 5.73 Å². The van der Waals surface area contributed by atoms with Gasteiger partial charge in [0.25, 0.3) is 0 Å². The molecule has 5 heteroatoms. The highest BCUT2D eigenvalue weighted by atomic mass is 15.2. The van der Waals surface area contributed by atoms with Crippen molar-refractivity contribution >= 4 is 10.9 Å². The van der Waals surface area contributed by atoms with Gasteiger partial charge in [-0.1, -0.05) is 6.07 Å². The summed E-state index contributed by atoms with van der Waals surface area (Å²) in [7, 11) is 0. The number of fused-ring (bicyclic) bond motifs is 1. The zero-order chi connectivity index (χ0) is 12.5. The Hall–Kier alpha value is -2.27. The maximum absolute atomic E-state index is 5.69. The van der Waals surface area contributed by atoms with Gasteiger partial charge >= 0.3 is 0 Å². The van der Waals surface area contributed by atoms with Gasteiger partial charge in [0, 0.05) is 22.7 Å². The Morgan fingerprint density at radius 1 is 1.22 bits per heavy atom. The molecule has 0 saturated heterocycles. The molecular formula is C13H13N5. The summed E-state index contributed by atoms with van der Waals surface area (Å²) < 4.78 is 0. The minimum atomic E-state index is -0.196. The molecule has 3 N–H and O–H groups in total. The molecule has 0 radical (unpaired) electrons. The average Bonchev–Trinajstić information content (AvgIpc) is 2.86. The summed E-state index contributed by atoms with van der Waals surface area (Å²) in [4.78, 5) is 7.37. The second-order valence-electron chi connectivity index (χ2n) is 4.27. The van der Waals surface area contributed by atoms with Gasteiger partial charge in [-0.2, -0.15) is 0 Å². The van der Waals surface area contributed by atoms with Crippen LogP contribution in [-0.2, 0) is 0 Å². The zero-order valence-corrected chi connectivity index (χ0v) is 9.96. The van der Waals surface area contributed by atoms with Gasteiger partial charge in [-0.15, -0.1) is 10.2 Å². The van der Waals surface area contributed by atoms with Crippen LogP contribution in [0.4, 0.5) is 0 Å². The summed E-state index contributed by atoms with van der Waals surface area (Å²) in [6.07, 6.45) is 3.62. The normalized spacial score (nSPS) is 12.8. The fourth-order valence-electron chi connectivity index (χ4n) is 1.84. The van der Waals surface area contributed by atoms with E-state index in [1.54, 1.807) is 6.20 Å². The van der Waals surface area contributed by atoms with Crippen LogP contribution >= 0.6 is 0 Å². The third-order valence-corrected chi connectivity index (χ3v) is 2.84. The van der Waals surface area contributed by atoms with Crippen LogP contribution in [0, 0.1) is 0 Å². The SMILES string of the molecule is CC(N)c1ncc(-c2ccc3[nH]ccc3c2)nn1. The van der Waals surface area contributed by atoms with Crippen molar-refractivity contribution in [2.45, 2.75) is 13.0 Å². The van der Waals surface area contributed by atoms with E-state index in [0.717, 1.165) is 22.2 Å². The zero-order valence-electron chi connectivity index (χ0n) is 9.96. The quantitative estimate of drug-likeness (QED) is 0.717. The van der Waals surface area contributed by atoms with E-state index in [9.17, 15) is 0 Å². The van der Waals surface area contributed by atoms with Crippen molar-refractivity contribution in [1.29, 1.82) is 0 Å². The van der Waals surface area contributed by atoms with Crippen LogP contribution in [0.15, 0.2) is 36.7 Å². The van der Waals surface area contributed by atoms with Crippen molar-refractivity contribution in [3.63, 3.8) is 0 Å². The maximum atomic E-state index is 5.69. The molecule has 1 aromatic carbocycles. The highest BCUT2D eigenvalue weighted by molar-refractivity contribution is 5.84. The lowest BCUT2D eigenvalue weighted by molar-refractivity contribution is 0.709. The molecule has 90 valence electrons. The van der Waals surface area contributed by atoms with E-state index >= 15 is 0 Å². The van der Waals surface area contributed by atoms with Gasteiger partial charge in [0.1, 0.15) is 5.69 Å². The van der Waals surface area contributed by atoms with Crippen LogP contribution < -0.4 is 5.73 Å². The Bertz CT molecular complexity index is 669. The molecule has 0 spiro atoms. The molecule has 0 fully saturated rings. The number of aromatic nitrogens is 4. The second kappa shape index (κ2) is 4.19. The van der Waals surface area contributed by atoms with E-state index in [1.807, 2.05) is 31.3 Å². The lowest BCUT2D eigenvalue weighted by Crippen LogP contribution is -2.10. The lowest BCUT2D eigenvalue weighted by Gasteiger charge is -2.04. The smallest absolute Gasteiger partial charge is 0.167 e. The topological polar surface area (TPSA) is 80.5 Å². The van der Waals surface area contributed by atoms with Crippen LogP contribution in [0.5, 0.6) is 0 Å². The number of benzene rings is 1. The summed E-state index contributed by atoms with van der Waals surface area (Å²) in [6, 6.07) is 7.90. The number of hydrogen-bond acceptors (Lipinski definition) is 4. The molecule has 18 heavy (non-hydrogen) atoms. The van der Waals surface area contributed by atoms with Crippen LogP contribution in [0.2, 0.25) is 0 Å². The number of nitrogens with zero attached hydrogens (tertiary/aromatic N) is 3. The molecule has 3 rings (SSSR count). The maximum Gasteiger partial charge on any atom is 0.167 e. The van der Waals surface area contributed by atoms with Crippen molar-refractivity contribution in [3.05, 3.63) is 42.5 Å². The van der Waals surface area contributed by atoms with Crippen LogP contribution in [-0.4, -0.2) is 20.2 Å². The number of aromatic amines is 1. The summed E-state index contributed by atoms with van der Waals surface area (Å²) in [5.41, 5.74) is 8.55. The Kier molecular flexibility index (Phi) is 2.53. The van der Waals surface area contributed by atoms with Crippen molar-refractivity contribution in [2.75, 3.05) is 0 Å². The van der Waals surface area contributed by atoms with Crippen molar-refractivity contribution in [2.24, 2.45) is 5.73 Å². The van der Waals surface area contributed by atoms with E-state index in [-0.39, 0.29) is 6.04 Å². The standard InChI is InChI=1S/C13H13N5/c1-8(14)13-16-7-12(17-18-13)9-2-3-11-10(6-9)4-5-15-11/h2-8,15H,14H2,1H3. The van der Waals surface area contributed by atoms with Gasteiger partial charge in [0.15, 0.2) is 5.82 Å². The molecule has 0 bridgehead atoms. The van der Waals surface area contributed by atoms with Crippen molar-refractivity contribution in [1.82, 2.24) is 20.2 Å². The number of nitrogens with two attached hydrogens (primary N) is 1. The average molecular weight is 239 g/mol. The van der Waals surface area contributed by atoms with Gasteiger partial charge in [-0.05, 0) is 25.1 Å². The summed E-state index contributed by atoms with van der Waals surface area (Å²) in [5.74, 6) is 0.557. The number of H-pyrrole nitrogens is 1. The van der Waals surface area contributed by atoms with E-state index in [2.05, 4.69) is 26.2 Å². The molecule has 1 atom stereocenters. The fraction of sp³-hybridized carbons (Fsp3) is 0.154. The fourth-order valence-corrected chi connectivity index (χ4v) is 1.84. The van der Waals surface area contributed by atoms with Crippen molar-refractivity contribution < 1.29 is 0 Å². The van der Waals surface area contributed by atoms with Crippen molar-refractivity contribution in [3.8, 4) is 11.3 Å². The molecule has 0 aliphatic heterocycles. The Morgan fingerprint density at radius 3 is 2.83 bits per heavy atom. The van der Waals surface area contributed by atoms with Crippen LogP contribution in [0.25, 0.3) is 22.2 Å². The molecule has 0 amide bonds. The van der Waals surface area contributed by atoms with Gasteiger partial charge in [0.05, 0.1) is 12.2 Å². The predicted molar refractivity (Wildman–Crippen MR) is 69.7 cm³/mol. The molecular weight excluding hydrogens is 226 g/mol. The first-order valence-corrected chi connectivity index (χ1v) is 5.77. The highest BCUT2D eigenvalue weighted by Crippen LogP contribution is 2.21. The Balaban J connectivity index is 2.02. The third kappa shape index (κ3) is 1.84. The minimum Gasteiger partial charge on any atom is -0.361 e. The van der Waals surface area contributed by atoms with Gasteiger partial charge < -0.3 is 10.7 Å². The largest absolute Gasteiger partial charge is 0.361 e. The van der Waals surface area contributed by atoms with E-state index < -0.39 is 0 Å². The predicted octanol–water partition coefficient (Wildman–Crippen LogP) is 2.04. The van der Waals surface area contributed by atoms with Crippen LogP contribution in [0.1, 0.15) is 18.8 Å². The molecule has 2 heterocycles. The van der Waals surface area contributed by atoms with Gasteiger partial charge in [-0.25, -0.2) is 4.98 Å². The molecule has 3 aromatic rings. The molecule has 0 aliphatic rings. The van der Waals surface area contributed by atoms with E-state index in [0.29, 0.717) is 5.82 Å². The first-order valence-electron chi connectivity index (χ1n) is 5.77. The highest BCUT2D eigenvalue weighted by Gasteiger charge is 2.06. The summed E-state index contributed by atoms with van der Waals surface area (Å²) in [5, 5.41) is 9.33. The number of rotatable bonds is 2. The first-order chi connectivity index (χ1) is 8.74. The molecule has 1 unspecified atom stereocenters. The molecule has 2 aromatic heterocycles. The van der Waals surface area contributed by atoms with Crippen LogP contribution in [0.3, 0.4) is 0 Å². The summed E-state index contributed by atoms with van der Waals surface area (Å²) in [6.45, 7) is 1.84. The monoisotopic (exact) mass is 239 g/mol. The van der Waals surface area contributed by atoms with E-state index in [1.165, 1.54) is 0 Å². The summed E-state index contributed by atoms with van der Waals surface area (Å²) >= 11 is 0. The number of hydrogen-bond donors (Lipinski definition) is 2. The molecule has 0 aliphatic carbocycles. The minimum absolute atomic E-state index is 0.196. The van der Waals surface area contributed by atoms with Gasteiger partial charge in [0.2, 0.25) is 0 Å². The Morgan fingerprint density at radius 2 is 2.11 bits per heavy atom. The van der Waals surface area contributed by atoms with Gasteiger partial charge in [-0.3, -0.25) is 0 Å². The lowest BCUT2D eigenvalue weighted by atomic mass is 10.1.